The Morgan fingerprint density at radius 2 is 1.74 bits per heavy atom. The van der Waals surface area contributed by atoms with Gasteiger partial charge in [-0.3, -0.25) is 14.4 Å². The molecule has 0 aliphatic carbocycles. The molecule has 2 heterocycles. The van der Waals surface area contributed by atoms with E-state index in [1.807, 2.05) is 0 Å². The lowest BCUT2D eigenvalue weighted by Crippen LogP contribution is -2.48. The van der Waals surface area contributed by atoms with Gasteiger partial charge >= 0.3 is 0 Å². The van der Waals surface area contributed by atoms with E-state index in [9.17, 15) is 18.8 Å². The van der Waals surface area contributed by atoms with E-state index in [0.717, 1.165) is 11.6 Å². The maximum Gasteiger partial charge on any atom is 0.255 e. The van der Waals surface area contributed by atoms with Crippen LogP contribution in [0.5, 0.6) is 23.0 Å². The van der Waals surface area contributed by atoms with Crippen LogP contribution in [0.4, 0.5) is 4.39 Å². The standard InChI is InChI=1S/C28H34FN3O7/c1-36-23-12-17(13-24(37-2)27(23)38-3)4-9-26(34)32-19-6-7-20(32)16-31-28(35)21-14-18(29)5-8-22(21)39-11-10-30-25(33)15-19/h5,8,12-14,19-20H,4,6-7,9-11,15-16H2,1-3H3,(H,30,33)(H,31,35)/t19-,20+/m0/s1. The highest BCUT2D eigenvalue weighted by Gasteiger charge is 2.38. The lowest BCUT2D eigenvalue weighted by molar-refractivity contribution is -0.135. The zero-order chi connectivity index (χ0) is 27.9. The molecular formula is C28H34FN3O7. The van der Waals surface area contributed by atoms with Crippen LogP contribution in [0.3, 0.4) is 0 Å². The minimum absolute atomic E-state index is 0.0632. The molecule has 210 valence electrons. The Hall–Kier alpha value is -4.02. The highest BCUT2D eigenvalue weighted by Crippen LogP contribution is 2.38. The lowest BCUT2D eigenvalue weighted by Gasteiger charge is -2.31. The molecule has 2 bridgehead atoms. The molecule has 11 heteroatoms. The molecule has 4 rings (SSSR count). The number of nitrogens with one attached hydrogen (secondary N) is 2. The summed E-state index contributed by atoms with van der Waals surface area (Å²) in [5.74, 6) is 0.326. The van der Waals surface area contributed by atoms with Gasteiger partial charge < -0.3 is 34.5 Å². The predicted octanol–water partition coefficient (Wildman–Crippen LogP) is 2.47. The van der Waals surface area contributed by atoms with E-state index in [1.165, 1.54) is 33.5 Å². The Kier molecular flexibility index (Phi) is 9.11. The maximum atomic E-state index is 13.9. The summed E-state index contributed by atoms with van der Waals surface area (Å²) in [7, 11) is 4.59. The van der Waals surface area contributed by atoms with Gasteiger partial charge in [-0.2, -0.15) is 0 Å². The SMILES string of the molecule is COc1cc(CCC(=O)N2[C@@H]3CC[C@H]2CC(=O)NCCOc2ccc(F)cc2C(=O)NC3)cc(OC)c1OC. The van der Waals surface area contributed by atoms with Gasteiger partial charge in [0, 0.05) is 31.5 Å². The van der Waals surface area contributed by atoms with Crippen molar-refractivity contribution in [1.82, 2.24) is 15.5 Å². The van der Waals surface area contributed by atoms with Gasteiger partial charge in [-0.15, -0.1) is 0 Å². The van der Waals surface area contributed by atoms with Gasteiger partial charge in [0.25, 0.3) is 5.91 Å². The number of halogens is 1. The first kappa shape index (κ1) is 28.0. The minimum Gasteiger partial charge on any atom is -0.493 e. The van der Waals surface area contributed by atoms with E-state index in [1.54, 1.807) is 17.0 Å². The third-order valence-electron chi connectivity index (χ3n) is 7.05. The highest BCUT2D eigenvalue weighted by molar-refractivity contribution is 5.97. The number of hydrogen-bond donors (Lipinski definition) is 2. The van der Waals surface area contributed by atoms with E-state index in [-0.39, 0.29) is 67.7 Å². The summed E-state index contributed by atoms with van der Waals surface area (Å²) < 4.78 is 35.8. The number of nitrogens with zero attached hydrogens (tertiary/aromatic N) is 1. The van der Waals surface area contributed by atoms with E-state index in [2.05, 4.69) is 10.6 Å². The summed E-state index contributed by atoms with van der Waals surface area (Å²) >= 11 is 0. The van der Waals surface area contributed by atoms with Gasteiger partial charge in [-0.05, 0) is 55.2 Å². The smallest absolute Gasteiger partial charge is 0.255 e. The topological polar surface area (TPSA) is 115 Å². The third kappa shape index (κ3) is 6.52. The number of methoxy groups -OCH3 is 3. The van der Waals surface area contributed by atoms with Crippen molar-refractivity contribution in [3.05, 3.63) is 47.3 Å². The molecule has 39 heavy (non-hydrogen) atoms. The number of hydrogen-bond acceptors (Lipinski definition) is 7. The Bertz CT molecular complexity index is 1200. The van der Waals surface area contributed by atoms with Crippen LogP contribution in [0.25, 0.3) is 0 Å². The van der Waals surface area contributed by atoms with Crippen molar-refractivity contribution in [3.63, 3.8) is 0 Å². The first-order chi connectivity index (χ1) is 18.8. The Morgan fingerprint density at radius 3 is 2.44 bits per heavy atom. The summed E-state index contributed by atoms with van der Waals surface area (Å²) in [6, 6.07) is 6.73. The molecule has 2 aromatic rings. The molecule has 2 N–H and O–H groups in total. The summed E-state index contributed by atoms with van der Waals surface area (Å²) in [5.41, 5.74) is 0.894. The summed E-state index contributed by atoms with van der Waals surface area (Å²) in [6.07, 6.45) is 2.01. The summed E-state index contributed by atoms with van der Waals surface area (Å²) in [5, 5.41) is 5.64. The average Bonchev–Trinajstić information content (AvgIpc) is 3.34. The van der Waals surface area contributed by atoms with Crippen LogP contribution in [0, 0.1) is 5.82 Å². The second kappa shape index (κ2) is 12.7. The first-order valence-electron chi connectivity index (χ1n) is 12.9. The van der Waals surface area contributed by atoms with Crippen molar-refractivity contribution >= 4 is 17.7 Å². The number of amides is 3. The van der Waals surface area contributed by atoms with Crippen LogP contribution in [0.1, 0.15) is 41.6 Å². The quantitative estimate of drug-likeness (QED) is 0.575. The van der Waals surface area contributed by atoms with Crippen LogP contribution in [0.15, 0.2) is 30.3 Å². The van der Waals surface area contributed by atoms with E-state index in [4.69, 9.17) is 18.9 Å². The van der Waals surface area contributed by atoms with Crippen molar-refractivity contribution < 1.29 is 37.7 Å². The Balaban J connectivity index is 1.53. The molecule has 0 aromatic heterocycles. The van der Waals surface area contributed by atoms with Gasteiger partial charge in [0.1, 0.15) is 18.2 Å². The molecule has 2 aliphatic heterocycles. The maximum absolute atomic E-state index is 13.9. The molecule has 0 radical (unpaired) electrons. The predicted molar refractivity (Wildman–Crippen MR) is 140 cm³/mol. The van der Waals surface area contributed by atoms with E-state index < -0.39 is 11.7 Å². The molecule has 2 aromatic carbocycles. The molecule has 0 saturated carbocycles. The number of ether oxygens (including phenoxy) is 4. The molecule has 2 atom stereocenters. The molecule has 2 aliphatic rings. The summed E-state index contributed by atoms with van der Waals surface area (Å²) in [6.45, 7) is 0.494. The van der Waals surface area contributed by atoms with Gasteiger partial charge in [-0.25, -0.2) is 4.39 Å². The van der Waals surface area contributed by atoms with Crippen molar-refractivity contribution in [2.45, 2.75) is 44.2 Å². The molecule has 1 saturated heterocycles. The third-order valence-corrected chi connectivity index (χ3v) is 7.05. The number of carbonyl (C=O) groups is 3. The zero-order valence-electron chi connectivity index (χ0n) is 22.4. The van der Waals surface area contributed by atoms with Crippen molar-refractivity contribution in [2.75, 3.05) is 41.0 Å². The highest BCUT2D eigenvalue weighted by atomic mass is 19.1. The molecule has 10 nitrogen and oxygen atoms in total. The number of carbonyl (C=O) groups excluding carboxylic acids is 3. The Labute approximate surface area is 226 Å². The minimum atomic E-state index is -0.563. The monoisotopic (exact) mass is 543 g/mol. The van der Waals surface area contributed by atoms with Crippen LogP contribution >= 0.6 is 0 Å². The van der Waals surface area contributed by atoms with Gasteiger partial charge in [0.15, 0.2) is 11.5 Å². The second-order valence-electron chi connectivity index (χ2n) is 9.47. The molecule has 3 amide bonds. The second-order valence-corrected chi connectivity index (χ2v) is 9.47. The zero-order valence-corrected chi connectivity index (χ0v) is 22.4. The Morgan fingerprint density at radius 1 is 1.03 bits per heavy atom. The van der Waals surface area contributed by atoms with Gasteiger partial charge in [-0.1, -0.05) is 0 Å². The first-order valence-corrected chi connectivity index (χ1v) is 12.9. The number of aryl methyl sites for hydroxylation is 1. The fourth-order valence-corrected chi connectivity index (χ4v) is 5.18. The number of fused-ring (bicyclic) bond motifs is 3. The normalized spacial score (nSPS) is 19.6. The molecule has 0 unspecified atom stereocenters. The van der Waals surface area contributed by atoms with Gasteiger partial charge in [0.2, 0.25) is 17.6 Å². The van der Waals surface area contributed by atoms with Crippen LogP contribution in [0.2, 0.25) is 0 Å². The van der Waals surface area contributed by atoms with Gasteiger partial charge in [0.05, 0.1) is 33.4 Å². The van der Waals surface area contributed by atoms with Crippen molar-refractivity contribution in [1.29, 1.82) is 0 Å². The average molecular weight is 544 g/mol. The molecule has 0 spiro atoms. The van der Waals surface area contributed by atoms with Crippen molar-refractivity contribution in [2.24, 2.45) is 0 Å². The van der Waals surface area contributed by atoms with E-state index >= 15 is 0 Å². The van der Waals surface area contributed by atoms with Crippen molar-refractivity contribution in [3.8, 4) is 23.0 Å². The summed E-state index contributed by atoms with van der Waals surface area (Å²) in [4.78, 5) is 40.9. The number of benzene rings is 2. The van der Waals surface area contributed by atoms with E-state index in [0.29, 0.717) is 36.5 Å². The van der Waals surface area contributed by atoms with Crippen LogP contribution < -0.4 is 29.6 Å². The lowest BCUT2D eigenvalue weighted by atomic mass is 10.1. The molecular weight excluding hydrogens is 509 g/mol. The van der Waals surface area contributed by atoms with Crippen LogP contribution in [-0.4, -0.2) is 75.7 Å². The largest absolute Gasteiger partial charge is 0.493 e. The molecule has 1 fully saturated rings. The fraction of sp³-hybridized carbons (Fsp3) is 0.464. The number of rotatable bonds is 6. The van der Waals surface area contributed by atoms with Crippen LogP contribution in [-0.2, 0) is 16.0 Å². The fourth-order valence-electron chi connectivity index (χ4n) is 5.18.